The average molecular weight is 349 g/mol. The van der Waals surface area contributed by atoms with Gasteiger partial charge in [-0.05, 0) is 24.3 Å². The first kappa shape index (κ1) is 13.3. The van der Waals surface area contributed by atoms with Crippen LogP contribution in [0.2, 0.25) is 5.15 Å². The number of sulfonamides is 1. The minimum Gasteiger partial charge on any atom is -0.263 e. The van der Waals surface area contributed by atoms with E-state index < -0.39 is 10.0 Å². The van der Waals surface area contributed by atoms with Crippen LogP contribution in [0.25, 0.3) is 0 Å². The van der Waals surface area contributed by atoms with Gasteiger partial charge in [0.25, 0.3) is 10.0 Å². The van der Waals surface area contributed by atoms with Crippen molar-refractivity contribution in [2.75, 3.05) is 4.72 Å². The summed E-state index contributed by atoms with van der Waals surface area (Å²) in [6, 6.07) is 6.10. The van der Waals surface area contributed by atoms with E-state index in [2.05, 4.69) is 30.6 Å². The molecular formula is C10H7BrClN3O2S. The Morgan fingerprint density at radius 1 is 1.22 bits per heavy atom. The van der Waals surface area contributed by atoms with Crippen molar-refractivity contribution in [1.29, 1.82) is 0 Å². The van der Waals surface area contributed by atoms with Gasteiger partial charge in [0.1, 0.15) is 15.9 Å². The third kappa shape index (κ3) is 2.98. The summed E-state index contributed by atoms with van der Waals surface area (Å²) in [5, 5.41) is -0.0833. The summed E-state index contributed by atoms with van der Waals surface area (Å²) in [5.74, 6) is 0.198. The van der Waals surface area contributed by atoms with Gasteiger partial charge in [0.15, 0.2) is 0 Å². The van der Waals surface area contributed by atoms with Crippen LogP contribution in [0.5, 0.6) is 0 Å². The molecule has 2 aromatic heterocycles. The van der Waals surface area contributed by atoms with E-state index in [-0.39, 0.29) is 15.9 Å². The maximum atomic E-state index is 12.0. The maximum Gasteiger partial charge on any atom is 0.266 e. The molecular weight excluding hydrogens is 342 g/mol. The van der Waals surface area contributed by atoms with Gasteiger partial charge in [-0.1, -0.05) is 27.5 Å². The van der Waals surface area contributed by atoms with Crippen molar-refractivity contribution in [3.8, 4) is 0 Å². The summed E-state index contributed by atoms with van der Waals surface area (Å²) in [4.78, 5) is 7.53. The molecule has 0 bridgehead atoms. The van der Waals surface area contributed by atoms with E-state index in [4.69, 9.17) is 11.6 Å². The second-order valence-corrected chi connectivity index (χ2v) is 6.18. The molecule has 0 saturated carbocycles. The van der Waals surface area contributed by atoms with Gasteiger partial charge in [-0.2, -0.15) is 0 Å². The number of pyridine rings is 2. The molecule has 94 valence electrons. The van der Waals surface area contributed by atoms with Crippen LogP contribution in [0.3, 0.4) is 0 Å². The summed E-state index contributed by atoms with van der Waals surface area (Å²) < 4.78 is 27.1. The number of hydrogen-bond donors (Lipinski definition) is 1. The summed E-state index contributed by atoms with van der Waals surface area (Å²) in [7, 11) is -3.79. The van der Waals surface area contributed by atoms with Crippen molar-refractivity contribution in [2.24, 2.45) is 0 Å². The number of nitrogens with one attached hydrogen (secondary N) is 1. The zero-order valence-electron chi connectivity index (χ0n) is 8.84. The second-order valence-electron chi connectivity index (χ2n) is 3.26. The van der Waals surface area contributed by atoms with E-state index in [1.54, 1.807) is 12.1 Å². The Bertz CT molecular complexity index is 678. The number of anilines is 1. The lowest BCUT2D eigenvalue weighted by molar-refractivity contribution is 0.600. The molecule has 0 amide bonds. The SMILES string of the molecule is O=S(=O)(Nc1cc(Br)ccn1)c1cccnc1Cl. The summed E-state index contributed by atoms with van der Waals surface area (Å²) in [5.41, 5.74) is 0. The molecule has 0 spiro atoms. The first-order valence-corrected chi connectivity index (χ1v) is 7.39. The molecule has 0 fully saturated rings. The van der Waals surface area contributed by atoms with Gasteiger partial charge in [-0.15, -0.1) is 0 Å². The molecule has 2 aromatic rings. The summed E-state index contributed by atoms with van der Waals surface area (Å²) in [6.07, 6.45) is 2.89. The Morgan fingerprint density at radius 3 is 2.67 bits per heavy atom. The van der Waals surface area contributed by atoms with Crippen LogP contribution >= 0.6 is 27.5 Å². The average Bonchev–Trinajstić information content (AvgIpc) is 2.28. The van der Waals surface area contributed by atoms with Crippen LogP contribution in [0.4, 0.5) is 5.82 Å². The van der Waals surface area contributed by atoms with Crippen LogP contribution in [-0.4, -0.2) is 18.4 Å². The molecule has 0 unspecified atom stereocenters. The summed E-state index contributed by atoms with van der Waals surface area (Å²) >= 11 is 8.97. The highest BCUT2D eigenvalue weighted by Gasteiger charge is 2.18. The Morgan fingerprint density at radius 2 is 2.00 bits per heavy atom. The molecule has 0 saturated heterocycles. The molecule has 0 aliphatic carbocycles. The Kier molecular flexibility index (Phi) is 3.84. The number of aromatic nitrogens is 2. The monoisotopic (exact) mass is 347 g/mol. The minimum absolute atomic E-state index is 0.0833. The Labute approximate surface area is 117 Å². The molecule has 0 atom stereocenters. The smallest absolute Gasteiger partial charge is 0.263 e. The predicted octanol–water partition coefficient (Wildman–Crippen LogP) is 2.69. The fourth-order valence-electron chi connectivity index (χ4n) is 1.22. The first-order chi connectivity index (χ1) is 8.49. The van der Waals surface area contributed by atoms with Gasteiger partial charge < -0.3 is 0 Å². The molecule has 0 aliphatic rings. The third-order valence-electron chi connectivity index (χ3n) is 1.98. The highest BCUT2D eigenvalue weighted by atomic mass is 79.9. The van der Waals surface area contributed by atoms with Crippen molar-refractivity contribution in [2.45, 2.75) is 4.90 Å². The Hall–Kier alpha value is -1.18. The second kappa shape index (κ2) is 5.21. The van der Waals surface area contributed by atoms with Gasteiger partial charge >= 0.3 is 0 Å². The molecule has 2 rings (SSSR count). The lowest BCUT2D eigenvalue weighted by atomic mass is 10.5. The van der Waals surface area contributed by atoms with E-state index in [0.29, 0.717) is 4.47 Å². The van der Waals surface area contributed by atoms with E-state index in [1.165, 1.54) is 24.5 Å². The third-order valence-corrected chi connectivity index (χ3v) is 4.27. The predicted molar refractivity (Wildman–Crippen MR) is 72.0 cm³/mol. The number of rotatable bonds is 3. The highest BCUT2D eigenvalue weighted by molar-refractivity contribution is 9.10. The van der Waals surface area contributed by atoms with Gasteiger partial charge in [-0.3, -0.25) is 4.72 Å². The van der Waals surface area contributed by atoms with E-state index in [0.717, 1.165) is 0 Å². The molecule has 0 radical (unpaired) electrons. The van der Waals surface area contributed by atoms with E-state index in [9.17, 15) is 8.42 Å². The largest absolute Gasteiger partial charge is 0.266 e. The topological polar surface area (TPSA) is 72.0 Å². The van der Waals surface area contributed by atoms with Crippen molar-refractivity contribution in [3.63, 3.8) is 0 Å². The van der Waals surface area contributed by atoms with E-state index >= 15 is 0 Å². The maximum absolute atomic E-state index is 12.0. The van der Waals surface area contributed by atoms with Crippen molar-refractivity contribution < 1.29 is 8.42 Å². The number of halogens is 2. The fraction of sp³-hybridized carbons (Fsp3) is 0. The molecule has 1 N–H and O–H groups in total. The van der Waals surface area contributed by atoms with Crippen molar-refractivity contribution in [1.82, 2.24) is 9.97 Å². The van der Waals surface area contributed by atoms with Gasteiger partial charge in [0.05, 0.1) is 0 Å². The summed E-state index contributed by atoms with van der Waals surface area (Å²) in [6.45, 7) is 0. The molecule has 2 heterocycles. The lowest BCUT2D eigenvalue weighted by Gasteiger charge is -2.07. The van der Waals surface area contributed by atoms with Gasteiger partial charge in [0, 0.05) is 16.9 Å². The van der Waals surface area contributed by atoms with Crippen molar-refractivity contribution >= 4 is 43.4 Å². The van der Waals surface area contributed by atoms with Crippen LogP contribution < -0.4 is 4.72 Å². The van der Waals surface area contributed by atoms with Gasteiger partial charge in [0.2, 0.25) is 0 Å². The van der Waals surface area contributed by atoms with Crippen LogP contribution in [0, 0.1) is 0 Å². The number of nitrogens with zero attached hydrogens (tertiary/aromatic N) is 2. The van der Waals surface area contributed by atoms with Crippen LogP contribution in [-0.2, 0) is 10.0 Å². The molecule has 8 heteroatoms. The minimum atomic E-state index is -3.79. The van der Waals surface area contributed by atoms with Crippen LogP contribution in [0.1, 0.15) is 0 Å². The standard InChI is InChI=1S/C10H7BrClN3O2S/c11-7-3-5-13-9(6-7)15-18(16,17)8-2-1-4-14-10(8)12/h1-6H,(H,13,15). The molecule has 0 aromatic carbocycles. The Balaban J connectivity index is 2.37. The molecule has 5 nitrogen and oxygen atoms in total. The zero-order valence-corrected chi connectivity index (χ0v) is 12.0. The highest BCUT2D eigenvalue weighted by Crippen LogP contribution is 2.21. The molecule has 0 aliphatic heterocycles. The normalized spacial score (nSPS) is 11.2. The first-order valence-electron chi connectivity index (χ1n) is 4.74. The fourth-order valence-corrected chi connectivity index (χ4v) is 3.01. The number of hydrogen-bond acceptors (Lipinski definition) is 4. The van der Waals surface area contributed by atoms with E-state index in [1.807, 2.05) is 0 Å². The van der Waals surface area contributed by atoms with Crippen LogP contribution in [0.15, 0.2) is 46.0 Å². The lowest BCUT2D eigenvalue weighted by Crippen LogP contribution is -2.14. The quantitative estimate of drug-likeness (QED) is 0.866. The zero-order chi connectivity index (χ0) is 13.2. The van der Waals surface area contributed by atoms with Crippen molar-refractivity contribution in [3.05, 3.63) is 46.3 Å². The van der Waals surface area contributed by atoms with Gasteiger partial charge in [-0.25, -0.2) is 18.4 Å². The molecule has 18 heavy (non-hydrogen) atoms.